The van der Waals surface area contributed by atoms with Crippen LogP contribution in [0.1, 0.15) is 24.9 Å². The van der Waals surface area contributed by atoms with Crippen molar-refractivity contribution in [1.82, 2.24) is 19.9 Å². The molecule has 1 aliphatic rings. The molecule has 1 fully saturated rings. The number of ether oxygens (including phenoxy) is 1. The zero-order valence-corrected chi connectivity index (χ0v) is 17.6. The molecule has 0 spiro atoms. The minimum Gasteiger partial charge on any atom is -0.472 e. The number of benzene rings is 1. The van der Waals surface area contributed by atoms with Gasteiger partial charge in [0.2, 0.25) is 11.8 Å². The highest BCUT2D eigenvalue weighted by molar-refractivity contribution is 6.30. The van der Waals surface area contributed by atoms with E-state index >= 15 is 0 Å². The first-order chi connectivity index (χ1) is 15.0. The van der Waals surface area contributed by atoms with Gasteiger partial charge < -0.3 is 15.0 Å². The standard InChI is InChI=1S/C22H21ClFN5O2/c1-3-19(30)29-10-9-14(11-29)31-18-8-7-17-21(28-18)22(26-12-25-17)27-13(2)15-5-4-6-16(23)20(15)24/h3-8,12-14H,1,9-11H2,2H3,(H,25,26,27)/t13-,14-/m0/s1. The van der Waals surface area contributed by atoms with Gasteiger partial charge in [0.05, 0.1) is 23.1 Å². The molecule has 0 radical (unpaired) electrons. The normalized spacial score (nSPS) is 16.9. The van der Waals surface area contributed by atoms with E-state index in [-0.39, 0.29) is 17.0 Å². The SMILES string of the molecule is C=CC(=O)N1CC[C@H](Oc2ccc3ncnc(N[C@@H](C)c4cccc(Cl)c4F)c3n2)C1. The summed E-state index contributed by atoms with van der Waals surface area (Å²) in [5.41, 5.74) is 1.55. The number of fused-ring (bicyclic) bond motifs is 1. The quantitative estimate of drug-likeness (QED) is 0.579. The minimum absolute atomic E-state index is 0.0630. The molecule has 31 heavy (non-hydrogen) atoms. The van der Waals surface area contributed by atoms with Crippen molar-refractivity contribution in [2.75, 3.05) is 18.4 Å². The Balaban J connectivity index is 1.56. The predicted molar refractivity (Wildman–Crippen MR) is 117 cm³/mol. The Hall–Kier alpha value is -3.26. The number of amides is 1. The number of nitrogens with zero attached hydrogens (tertiary/aromatic N) is 4. The molecule has 0 unspecified atom stereocenters. The second-order valence-electron chi connectivity index (χ2n) is 7.27. The molecule has 1 saturated heterocycles. The summed E-state index contributed by atoms with van der Waals surface area (Å²) in [5, 5.41) is 3.25. The van der Waals surface area contributed by atoms with Crippen LogP contribution in [0.15, 0.2) is 49.3 Å². The fourth-order valence-corrected chi connectivity index (χ4v) is 3.74. The number of aromatic nitrogens is 3. The Morgan fingerprint density at radius 1 is 1.39 bits per heavy atom. The van der Waals surface area contributed by atoms with Gasteiger partial charge in [0.15, 0.2) is 5.82 Å². The molecule has 1 amide bonds. The lowest BCUT2D eigenvalue weighted by Crippen LogP contribution is -2.29. The number of halogens is 2. The number of rotatable bonds is 6. The van der Waals surface area contributed by atoms with Gasteiger partial charge in [0.1, 0.15) is 23.8 Å². The number of anilines is 1. The van der Waals surface area contributed by atoms with Crippen molar-refractivity contribution >= 4 is 34.4 Å². The third-order valence-corrected chi connectivity index (χ3v) is 5.47. The van der Waals surface area contributed by atoms with E-state index in [1.165, 1.54) is 18.5 Å². The Labute approximate surface area is 183 Å². The van der Waals surface area contributed by atoms with E-state index in [2.05, 4.69) is 26.8 Å². The lowest BCUT2D eigenvalue weighted by Gasteiger charge is -2.18. The van der Waals surface area contributed by atoms with Crippen LogP contribution in [0, 0.1) is 5.82 Å². The third kappa shape index (κ3) is 4.44. The largest absolute Gasteiger partial charge is 0.472 e. The van der Waals surface area contributed by atoms with Crippen LogP contribution in [0.3, 0.4) is 0 Å². The van der Waals surface area contributed by atoms with Crippen molar-refractivity contribution in [1.29, 1.82) is 0 Å². The van der Waals surface area contributed by atoms with Gasteiger partial charge in [-0.3, -0.25) is 4.79 Å². The Bertz CT molecular complexity index is 1140. The average Bonchev–Trinajstić information content (AvgIpc) is 3.24. The Morgan fingerprint density at radius 3 is 3.03 bits per heavy atom. The number of nitrogens with one attached hydrogen (secondary N) is 1. The van der Waals surface area contributed by atoms with Gasteiger partial charge in [0, 0.05) is 24.6 Å². The zero-order valence-electron chi connectivity index (χ0n) is 16.9. The Morgan fingerprint density at radius 2 is 2.23 bits per heavy atom. The molecule has 0 bridgehead atoms. The molecule has 2 atom stereocenters. The lowest BCUT2D eigenvalue weighted by atomic mass is 10.1. The van der Waals surface area contributed by atoms with E-state index in [9.17, 15) is 9.18 Å². The smallest absolute Gasteiger partial charge is 0.246 e. The van der Waals surface area contributed by atoms with E-state index in [1.807, 2.05) is 6.92 Å². The molecule has 1 aliphatic heterocycles. The number of pyridine rings is 1. The molecule has 0 saturated carbocycles. The van der Waals surface area contributed by atoms with Crippen LogP contribution in [0.4, 0.5) is 10.2 Å². The van der Waals surface area contributed by atoms with Crippen LogP contribution in [-0.4, -0.2) is 45.0 Å². The molecule has 2 aromatic heterocycles. The molecule has 160 valence electrons. The fraction of sp³-hybridized carbons (Fsp3) is 0.273. The fourth-order valence-electron chi connectivity index (χ4n) is 3.56. The number of carbonyl (C=O) groups is 1. The lowest BCUT2D eigenvalue weighted by molar-refractivity contribution is -0.125. The van der Waals surface area contributed by atoms with Crippen molar-refractivity contribution in [2.45, 2.75) is 25.5 Å². The monoisotopic (exact) mass is 441 g/mol. The highest BCUT2D eigenvalue weighted by atomic mass is 35.5. The van der Waals surface area contributed by atoms with Crippen molar-refractivity contribution in [3.63, 3.8) is 0 Å². The summed E-state index contributed by atoms with van der Waals surface area (Å²) in [7, 11) is 0. The third-order valence-electron chi connectivity index (χ3n) is 5.18. The molecule has 1 aromatic carbocycles. The topological polar surface area (TPSA) is 80.2 Å². The van der Waals surface area contributed by atoms with Gasteiger partial charge in [-0.05, 0) is 25.1 Å². The van der Waals surface area contributed by atoms with Crippen LogP contribution in [0.2, 0.25) is 5.02 Å². The van der Waals surface area contributed by atoms with E-state index < -0.39 is 11.9 Å². The van der Waals surface area contributed by atoms with Gasteiger partial charge in [0.25, 0.3) is 0 Å². The van der Waals surface area contributed by atoms with Crippen molar-refractivity contribution in [3.05, 3.63) is 65.7 Å². The van der Waals surface area contributed by atoms with Gasteiger partial charge >= 0.3 is 0 Å². The molecule has 4 rings (SSSR count). The summed E-state index contributed by atoms with van der Waals surface area (Å²) in [4.78, 5) is 26.6. The number of hydrogen-bond acceptors (Lipinski definition) is 6. The summed E-state index contributed by atoms with van der Waals surface area (Å²) >= 11 is 5.91. The first-order valence-corrected chi connectivity index (χ1v) is 10.2. The van der Waals surface area contributed by atoms with E-state index in [1.54, 1.807) is 29.2 Å². The molecule has 7 nitrogen and oxygen atoms in total. The van der Waals surface area contributed by atoms with Crippen molar-refractivity contribution < 1.29 is 13.9 Å². The van der Waals surface area contributed by atoms with Gasteiger partial charge in [-0.25, -0.2) is 19.3 Å². The molecular weight excluding hydrogens is 421 g/mol. The van der Waals surface area contributed by atoms with Crippen molar-refractivity contribution in [3.8, 4) is 5.88 Å². The van der Waals surface area contributed by atoms with Crippen LogP contribution in [0.5, 0.6) is 5.88 Å². The van der Waals surface area contributed by atoms with Gasteiger partial charge in [-0.2, -0.15) is 0 Å². The maximum absolute atomic E-state index is 14.4. The molecule has 3 aromatic rings. The number of likely N-dealkylation sites (tertiary alicyclic amines) is 1. The van der Waals surface area contributed by atoms with Crippen LogP contribution in [-0.2, 0) is 4.79 Å². The summed E-state index contributed by atoms with van der Waals surface area (Å²) in [6.45, 7) is 6.42. The molecule has 1 N–H and O–H groups in total. The van der Waals surface area contributed by atoms with E-state index in [4.69, 9.17) is 16.3 Å². The summed E-state index contributed by atoms with van der Waals surface area (Å²) in [5.74, 6) is 0.279. The first-order valence-electron chi connectivity index (χ1n) is 9.86. The summed E-state index contributed by atoms with van der Waals surface area (Å²) in [6, 6.07) is 7.99. The maximum atomic E-state index is 14.4. The second-order valence-corrected chi connectivity index (χ2v) is 7.67. The van der Waals surface area contributed by atoms with Crippen molar-refractivity contribution in [2.24, 2.45) is 0 Å². The molecule has 3 heterocycles. The summed E-state index contributed by atoms with van der Waals surface area (Å²) < 4.78 is 20.4. The molecule has 9 heteroatoms. The van der Waals surface area contributed by atoms with Crippen LogP contribution < -0.4 is 10.1 Å². The van der Waals surface area contributed by atoms with Crippen LogP contribution >= 0.6 is 11.6 Å². The second kappa shape index (κ2) is 8.85. The first kappa shape index (κ1) is 21.0. The maximum Gasteiger partial charge on any atom is 0.246 e. The molecular formula is C22H21ClFN5O2. The van der Waals surface area contributed by atoms with Gasteiger partial charge in [-0.15, -0.1) is 0 Å². The number of carbonyl (C=O) groups excluding carboxylic acids is 1. The predicted octanol–water partition coefficient (Wildman–Crippen LogP) is 4.16. The number of hydrogen-bond donors (Lipinski definition) is 1. The summed E-state index contributed by atoms with van der Waals surface area (Å²) in [6.07, 6.45) is 3.27. The van der Waals surface area contributed by atoms with Gasteiger partial charge in [-0.1, -0.05) is 30.3 Å². The molecule has 0 aliphatic carbocycles. The van der Waals surface area contributed by atoms with E-state index in [0.29, 0.717) is 47.8 Å². The minimum atomic E-state index is -0.473. The zero-order chi connectivity index (χ0) is 22.0. The van der Waals surface area contributed by atoms with E-state index in [0.717, 1.165) is 0 Å². The average molecular weight is 442 g/mol. The highest BCUT2D eigenvalue weighted by Crippen LogP contribution is 2.28. The Kier molecular flexibility index (Phi) is 5.99. The highest BCUT2D eigenvalue weighted by Gasteiger charge is 2.26. The van der Waals surface area contributed by atoms with Crippen LogP contribution in [0.25, 0.3) is 11.0 Å².